The van der Waals surface area contributed by atoms with E-state index >= 15 is 0 Å². The maximum Gasteiger partial charge on any atom is 0.186 e. The van der Waals surface area contributed by atoms with Crippen molar-refractivity contribution in [1.29, 1.82) is 0 Å². The molecule has 2 heterocycles. The van der Waals surface area contributed by atoms with Gasteiger partial charge in [-0.05, 0) is 6.42 Å². The lowest BCUT2D eigenvalue weighted by atomic mass is 9.84. The molecular formula is C18H39N7O9. The molecule has 2 aliphatic heterocycles. The maximum absolute atomic E-state index is 11.0. The van der Waals surface area contributed by atoms with Gasteiger partial charge in [0.1, 0.15) is 48.8 Å². The van der Waals surface area contributed by atoms with Gasteiger partial charge in [-0.2, -0.15) is 0 Å². The van der Waals surface area contributed by atoms with E-state index in [1.807, 2.05) is 0 Å². The molecule has 200 valence electrons. The minimum absolute atomic E-state index is 0.0186. The highest BCUT2D eigenvalue weighted by Crippen LogP contribution is 2.30. The Morgan fingerprint density at radius 3 is 1.82 bits per heavy atom. The second-order valence-corrected chi connectivity index (χ2v) is 9.10. The van der Waals surface area contributed by atoms with Gasteiger partial charge in [-0.3, -0.25) is 11.3 Å². The Kier molecular flexibility index (Phi) is 9.54. The molecule has 1 saturated carbocycles. The van der Waals surface area contributed by atoms with E-state index in [2.05, 4.69) is 5.43 Å². The Morgan fingerprint density at radius 2 is 1.26 bits per heavy atom. The molecule has 0 spiro atoms. The zero-order valence-corrected chi connectivity index (χ0v) is 18.6. The zero-order chi connectivity index (χ0) is 25.3. The van der Waals surface area contributed by atoms with Crippen molar-refractivity contribution in [1.82, 2.24) is 5.43 Å². The van der Waals surface area contributed by atoms with Crippen LogP contribution in [0.25, 0.3) is 0 Å². The molecule has 0 radical (unpaired) electrons. The largest absolute Gasteiger partial charge is 0.389 e. The van der Waals surface area contributed by atoms with Crippen LogP contribution in [0.3, 0.4) is 0 Å². The van der Waals surface area contributed by atoms with Gasteiger partial charge in [0.25, 0.3) is 0 Å². The molecule has 3 aliphatic rings. The summed E-state index contributed by atoms with van der Waals surface area (Å²) in [4.78, 5) is 0. The Hall–Kier alpha value is -0.640. The number of aliphatic hydroxyl groups is 5. The number of nitrogens with one attached hydrogen (secondary N) is 1. The van der Waals surface area contributed by atoms with E-state index < -0.39 is 91.7 Å². The second kappa shape index (κ2) is 11.6. The third-order valence-corrected chi connectivity index (χ3v) is 6.70. The van der Waals surface area contributed by atoms with Crippen molar-refractivity contribution in [3.05, 3.63) is 0 Å². The lowest BCUT2D eigenvalue weighted by Crippen LogP contribution is -2.69. The van der Waals surface area contributed by atoms with Crippen LogP contribution in [0.4, 0.5) is 0 Å². The summed E-state index contributed by atoms with van der Waals surface area (Å²) in [6.45, 7) is -0.0900. The van der Waals surface area contributed by atoms with E-state index in [-0.39, 0.29) is 19.5 Å². The standard InChI is InChI=1S/C18H39N7O9/c19-2-6-11(27)12(28)9(23)17(31-6)33-15-4(20)1-5(21)16(14(15)30)34-18-13(29)8(22)10(26)7(32-18)3-25-24/h4-18,25-30H,1-3,19-24H2. The van der Waals surface area contributed by atoms with Crippen molar-refractivity contribution in [3.8, 4) is 0 Å². The van der Waals surface area contributed by atoms with E-state index in [1.54, 1.807) is 0 Å². The highest BCUT2D eigenvalue weighted by molar-refractivity contribution is 5.01. The summed E-state index contributed by atoms with van der Waals surface area (Å²) in [6.07, 6.45) is -13.3. The molecule has 0 aromatic rings. The van der Waals surface area contributed by atoms with Crippen LogP contribution in [0.5, 0.6) is 0 Å². The van der Waals surface area contributed by atoms with Crippen LogP contribution in [0, 0.1) is 0 Å². The van der Waals surface area contributed by atoms with Crippen LogP contribution in [0.2, 0.25) is 0 Å². The van der Waals surface area contributed by atoms with Crippen LogP contribution >= 0.6 is 0 Å². The minimum atomic E-state index is -1.43. The number of hydrogen-bond acceptors (Lipinski definition) is 16. The van der Waals surface area contributed by atoms with Crippen molar-refractivity contribution < 1.29 is 44.5 Å². The van der Waals surface area contributed by atoms with Gasteiger partial charge in [0.15, 0.2) is 12.6 Å². The lowest BCUT2D eigenvalue weighted by Gasteiger charge is -2.48. The first kappa shape index (κ1) is 27.9. The van der Waals surface area contributed by atoms with Gasteiger partial charge in [0, 0.05) is 25.2 Å². The summed E-state index contributed by atoms with van der Waals surface area (Å²) in [5.41, 5.74) is 32.1. The Morgan fingerprint density at radius 1 is 0.706 bits per heavy atom. The first-order valence-electron chi connectivity index (χ1n) is 11.2. The first-order chi connectivity index (χ1) is 16.0. The molecule has 3 fully saturated rings. The SMILES string of the molecule is NCC1OC(OC2C(N)CC(N)C(OC3OC(CNN)C(O)C(N)C3O)C2O)C(N)C(O)C1O. The lowest BCUT2D eigenvalue weighted by molar-refractivity contribution is -0.316. The molecular weight excluding hydrogens is 458 g/mol. The van der Waals surface area contributed by atoms with Crippen molar-refractivity contribution >= 4 is 0 Å². The van der Waals surface area contributed by atoms with Crippen molar-refractivity contribution in [3.63, 3.8) is 0 Å². The van der Waals surface area contributed by atoms with Crippen LogP contribution < -0.4 is 39.9 Å². The summed E-state index contributed by atoms with van der Waals surface area (Å²) >= 11 is 0. The number of aliphatic hydroxyl groups excluding tert-OH is 5. The van der Waals surface area contributed by atoms with Gasteiger partial charge in [-0.1, -0.05) is 0 Å². The molecule has 0 amide bonds. The average Bonchev–Trinajstić information content (AvgIpc) is 2.80. The van der Waals surface area contributed by atoms with E-state index in [0.717, 1.165) is 0 Å². The van der Waals surface area contributed by atoms with Gasteiger partial charge < -0.3 is 73.1 Å². The summed E-state index contributed by atoms with van der Waals surface area (Å²) in [6, 6.07) is -3.81. The molecule has 3 rings (SSSR count). The molecule has 0 bridgehead atoms. The predicted octanol–water partition coefficient (Wildman–Crippen LogP) is -7.85. The van der Waals surface area contributed by atoms with Crippen LogP contribution in [-0.4, -0.2) is 130 Å². The first-order valence-corrected chi connectivity index (χ1v) is 11.2. The Labute approximate surface area is 196 Å². The fraction of sp³-hybridized carbons (Fsp3) is 1.00. The summed E-state index contributed by atoms with van der Waals surface area (Å²) < 4.78 is 22.8. The molecule has 0 aromatic carbocycles. The zero-order valence-electron chi connectivity index (χ0n) is 18.6. The average molecular weight is 498 g/mol. The molecule has 18 N–H and O–H groups in total. The fourth-order valence-electron chi connectivity index (χ4n) is 4.58. The molecule has 15 unspecified atom stereocenters. The molecule has 34 heavy (non-hydrogen) atoms. The monoisotopic (exact) mass is 497 g/mol. The molecule has 2 saturated heterocycles. The van der Waals surface area contributed by atoms with Crippen molar-refractivity contribution in [2.75, 3.05) is 13.1 Å². The predicted molar refractivity (Wildman–Crippen MR) is 115 cm³/mol. The molecule has 16 heteroatoms. The minimum Gasteiger partial charge on any atom is -0.389 e. The van der Waals surface area contributed by atoms with Crippen LogP contribution in [0.1, 0.15) is 6.42 Å². The molecule has 0 aromatic heterocycles. The number of hydrogen-bond donors (Lipinski definition) is 12. The van der Waals surface area contributed by atoms with Gasteiger partial charge in [-0.15, -0.1) is 0 Å². The molecule has 16 nitrogen and oxygen atoms in total. The van der Waals surface area contributed by atoms with Gasteiger partial charge >= 0.3 is 0 Å². The van der Waals surface area contributed by atoms with E-state index in [1.165, 1.54) is 0 Å². The summed E-state index contributed by atoms with van der Waals surface area (Å²) in [7, 11) is 0. The molecule has 15 atom stereocenters. The smallest absolute Gasteiger partial charge is 0.186 e. The van der Waals surface area contributed by atoms with E-state index in [9.17, 15) is 25.5 Å². The quantitative estimate of drug-likeness (QED) is 0.115. The van der Waals surface area contributed by atoms with E-state index in [4.69, 9.17) is 53.5 Å². The van der Waals surface area contributed by atoms with Crippen LogP contribution in [-0.2, 0) is 18.9 Å². The highest BCUT2D eigenvalue weighted by atomic mass is 16.7. The summed E-state index contributed by atoms with van der Waals surface area (Å²) in [5.74, 6) is 5.31. The normalized spacial score (nSPS) is 52.5. The Balaban J connectivity index is 1.72. The van der Waals surface area contributed by atoms with E-state index in [0.29, 0.717) is 0 Å². The fourth-order valence-corrected chi connectivity index (χ4v) is 4.58. The molecule has 1 aliphatic carbocycles. The topological polar surface area (TPSA) is 306 Å². The number of ether oxygens (including phenoxy) is 4. The van der Waals surface area contributed by atoms with Gasteiger partial charge in [0.2, 0.25) is 0 Å². The van der Waals surface area contributed by atoms with Crippen LogP contribution in [0.15, 0.2) is 0 Å². The number of hydrazine groups is 1. The third-order valence-electron chi connectivity index (χ3n) is 6.70. The third kappa shape index (κ3) is 5.52. The van der Waals surface area contributed by atoms with Gasteiger partial charge in [0.05, 0.1) is 18.2 Å². The number of nitrogens with two attached hydrogens (primary N) is 6. The number of rotatable bonds is 7. The summed E-state index contributed by atoms with van der Waals surface area (Å²) in [5, 5.41) is 51.9. The van der Waals surface area contributed by atoms with Gasteiger partial charge in [-0.25, -0.2) is 0 Å². The maximum atomic E-state index is 11.0. The second-order valence-electron chi connectivity index (χ2n) is 9.10. The highest BCUT2D eigenvalue weighted by Gasteiger charge is 2.51. The van der Waals surface area contributed by atoms with Crippen molar-refractivity contribution in [2.45, 2.75) is 98.1 Å². The Bertz CT molecular complexity index is 655. The van der Waals surface area contributed by atoms with Crippen molar-refractivity contribution in [2.24, 2.45) is 34.5 Å².